The van der Waals surface area contributed by atoms with Gasteiger partial charge in [0.15, 0.2) is 0 Å². The first-order chi connectivity index (χ1) is 6.83. The molecule has 3 nitrogen and oxygen atoms in total. The van der Waals surface area contributed by atoms with E-state index in [0.29, 0.717) is 0 Å². The molecule has 72 valence electrons. The summed E-state index contributed by atoms with van der Waals surface area (Å²) < 4.78 is 0. The van der Waals surface area contributed by atoms with Crippen LogP contribution in [0.25, 0.3) is 0 Å². The number of aliphatic imine (C=N–C) groups is 1. The van der Waals surface area contributed by atoms with Crippen molar-refractivity contribution in [2.75, 3.05) is 5.75 Å². The molecule has 4 heteroatoms. The Morgan fingerprint density at radius 3 is 3.21 bits per heavy atom. The van der Waals surface area contributed by atoms with Crippen molar-refractivity contribution >= 4 is 17.8 Å². The van der Waals surface area contributed by atoms with Gasteiger partial charge >= 0.3 is 0 Å². The smallest absolute Gasteiger partial charge is 0.235 e. The molecular formula is C10H9NO2S. The van der Waals surface area contributed by atoms with E-state index in [-0.39, 0.29) is 11.8 Å². The lowest BCUT2D eigenvalue weighted by molar-refractivity contribution is 0.455. The normalized spacial score (nSPS) is 19.6. The van der Waals surface area contributed by atoms with Crippen LogP contribution in [-0.4, -0.2) is 16.9 Å². The van der Waals surface area contributed by atoms with Crippen LogP contribution in [0.5, 0.6) is 5.75 Å². The number of rotatable bonds is 1. The largest absolute Gasteiger partial charge is 0.508 e. The number of aromatic hydroxyl groups is 1. The van der Waals surface area contributed by atoms with Gasteiger partial charge < -0.3 is 5.11 Å². The van der Waals surface area contributed by atoms with Crippen LogP contribution >= 0.6 is 11.8 Å². The van der Waals surface area contributed by atoms with Crippen LogP contribution in [0.1, 0.15) is 18.0 Å². The zero-order chi connectivity index (χ0) is 9.97. The first-order valence-electron chi connectivity index (χ1n) is 4.34. The number of phenols is 1. The number of thioether (sulfide) groups is 1. The summed E-state index contributed by atoms with van der Waals surface area (Å²) in [6, 6.07) is 5.14. The zero-order valence-corrected chi connectivity index (χ0v) is 8.25. The Morgan fingerprint density at radius 1 is 1.57 bits per heavy atom. The highest BCUT2D eigenvalue weighted by molar-refractivity contribution is 7.99. The molecule has 1 aromatic carbocycles. The lowest BCUT2D eigenvalue weighted by Crippen LogP contribution is -2.05. The summed E-state index contributed by atoms with van der Waals surface area (Å²) in [5.74, 6) is 1.14. The average molecular weight is 207 g/mol. The van der Waals surface area contributed by atoms with Crippen molar-refractivity contribution in [1.82, 2.24) is 0 Å². The minimum absolute atomic E-state index is 0.218. The van der Waals surface area contributed by atoms with Crippen LogP contribution in [0.2, 0.25) is 0 Å². The molecule has 0 aromatic heterocycles. The van der Waals surface area contributed by atoms with E-state index in [1.54, 1.807) is 30.0 Å². The number of nitrogens with zero attached hydrogens (tertiary/aromatic N) is 1. The minimum atomic E-state index is -0.218. The molecule has 0 spiro atoms. The number of phenolic OH excluding ortho intramolecular Hbond substituents is 1. The van der Waals surface area contributed by atoms with Crippen molar-refractivity contribution < 1.29 is 9.90 Å². The molecule has 1 aliphatic rings. The van der Waals surface area contributed by atoms with Gasteiger partial charge in [0, 0.05) is 16.2 Å². The summed E-state index contributed by atoms with van der Waals surface area (Å²) in [5.41, 5.74) is 0.770. The zero-order valence-electron chi connectivity index (χ0n) is 7.43. The van der Waals surface area contributed by atoms with E-state index in [0.717, 1.165) is 22.6 Å². The van der Waals surface area contributed by atoms with Gasteiger partial charge in [-0.1, -0.05) is 6.07 Å². The fraction of sp³-hybridized carbons (Fsp3) is 0.300. The SMILES string of the molecule is O=C=NC1CCSc2cccc(O)c21. The van der Waals surface area contributed by atoms with Crippen LogP contribution in [0.3, 0.4) is 0 Å². The third-order valence-electron chi connectivity index (χ3n) is 2.23. The molecule has 1 N–H and O–H groups in total. The van der Waals surface area contributed by atoms with Crippen molar-refractivity contribution in [3.63, 3.8) is 0 Å². The first kappa shape index (κ1) is 9.31. The van der Waals surface area contributed by atoms with Gasteiger partial charge in [-0.25, -0.2) is 4.79 Å². The minimum Gasteiger partial charge on any atom is -0.508 e. The Kier molecular flexibility index (Phi) is 2.57. The van der Waals surface area contributed by atoms with Gasteiger partial charge in [0.25, 0.3) is 0 Å². The summed E-state index contributed by atoms with van der Waals surface area (Å²) >= 11 is 1.68. The molecule has 0 fully saturated rings. The summed E-state index contributed by atoms with van der Waals surface area (Å²) in [4.78, 5) is 14.9. The van der Waals surface area contributed by atoms with E-state index >= 15 is 0 Å². The molecule has 1 heterocycles. The lowest BCUT2D eigenvalue weighted by atomic mass is 10.0. The van der Waals surface area contributed by atoms with Gasteiger partial charge in [-0.3, -0.25) is 0 Å². The van der Waals surface area contributed by atoms with E-state index in [1.165, 1.54) is 0 Å². The van der Waals surface area contributed by atoms with Crippen LogP contribution in [0, 0.1) is 0 Å². The van der Waals surface area contributed by atoms with Gasteiger partial charge in [0.2, 0.25) is 6.08 Å². The summed E-state index contributed by atoms with van der Waals surface area (Å²) in [7, 11) is 0. The third-order valence-corrected chi connectivity index (χ3v) is 3.34. The monoisotopic (exact) mass is 207 g/mol. The van der Waals surface area contributed by atoms with Crippen molar-refractivity contribution in [3.05, 3.63) is 23.8 Å². The molecule has 1 atom stereocenters. The molecule has 0 bridgehead atoms. The van der Waals surface area contributed by atoms with Crippen molar-refractivity contribution in [2.24, 2.45) is 4.99 Å². The second-order valence-corrected chi connectivity index (χ2v) is 4.20. The first-order valence-corrected chi connectivity index (χ1v) is 5.33. The number of hydrogen-bond donors (Lipinski definition) is 1. The predicted molar refractivity (Wildman–Crippen MR) is 54.3 cm³/mol. The maximum atomic E-state index is 10.2. The second-order valence-electron chi connectivity index (χ2n) is 3.06. The molecule has 2 rings (SSSR count). The molecule has 0 radical (unpaired) electrons. The Bertz CT molecular complexity index is 399. The molecule has 1 unspecified atom stereocenters. The van der Waals surface area contributed by atoms with Crippen LogP contribution < -0.4 is 0 Å². The predicted octanol–water partition coefficient (Wildman–Crippen LogP) is 2.26. The molecular weight excluding hydrogens is 198 g/mol. The maximum absolute atomic E-state index is 10.2. The molecule has 0 aliphatic carbocycles. The van der Waals surface area contributed by atoms with E-state index in [2.05, 4.69) is 4.99 Å². The Balaban J connectivity index is 2.51. The van der Waals surface area contributed by atoms with Gasteiger partial charge in [-0.2, -0.15) is 4.99 Å². The fourth-order valence-electron chi connectivity index (χ4n) is 1.61. The Morgan fingerprint density at radius 2 is 2.43 bits per heavy atom. The maximum Gasteiger partial charge on any atom is 0.235 e. The summed E-state index contributed by atoms with van der Waals surface area (Å²) in [6.07, 6.45) is 2.34. The topological polar surface area (TPSA) is 49.7 Å². The van der Waals surface area contributed by atoms with Crippen molar-refractivity contribution in [3.8, 4) is 5.75 Å². The average Bonchev–Trinajstić information content (AvgIpc) is 2.19. The van der Waals surface area contributed by atoms with Crippen LogP contribution in [-0.2, 0) is 4.79 Å². The van der Waals surface area contributed by atoms with E-state index in [1.807, 2.05) is 6.07 Å². The lowest BCUT2D eigenvalue weighted by Gasteiger charge is -2.21. The second kappa shape index (κ2) is 3.86. The van der Waals surface area contributed by atoms with Gasteiger partial charge in [0.1, 0.15) is 5.75 Å². The Labute approximate surface area is 85.9 Å². The third kappa shape index (κ3) is 1.54. The fourth-order valence-corrected chi connectivity index (χ4v) is 2.74. The van der Waals surface area contributed by atoms with Crippen molar-refractivity contribution in [1.29, 1.82) is 0 Å². The van der Waals surface area contributed by atoms with Gasteiger partial charge in [-0.15, -0.1) is 11.8 Å². The quantitative estimate of drug-likeness (QED) is 0.567. The van der Waals surface area contributed by atoms with E-state index in [4.69, 9.17) is 0 Å². The number of fused-ring (bicyclic) bond motifs is 1. The van der Waals surface area contributed by atoms with E-state index in [9.17, 15) is 9.90 Å². The molecule has 14 heavy (non-hydrogen) atoms. The molecule has 1 aromatic rings. The van der Waals surface area contributed by atoms with Crippen LogP contribution in [0.15, 0.2) is 28.1 Å². The van der Waals surface area contributed by atoms with Crippen LogP contribution in [0.4, 0.5) is 0 Å². The molecule has 0 saturated carbocycles. The highest BCUT2D eigenvalue weighted by Crippen LogP contribution is 2.42. The Hall–Kier alpha value is -1.25. The molecule has 1 aliphatic heterocycles. The standard InChI is InChI=1S/C10H9NO2S/c12-6-11-7-4-5-14-9-3-1-2-8(13)10(7)9/h1-3,7,13H,4-5H2. The highest BCUT2D eigenvalue weighted by atomic mass is 32.2. The number of benzene rings is 1. The number of carbonyl (C=O) groups excluding carboxylic acids is 1. The number of hydrogen-bond acceptors (Lipinski definition) is 4. The summed E-state index contributed by atoms with van der Waals surface area (Å²) in [5, 5.41) is 9.65. The van der Waals surface area contributed by atoms with Gasteiger partial charge in [0.05, 0.1) is 6.04 Å². The van der Waals surface area contributed by atoms with E-state index < -0.39 is 0 Å². The van der Waals surface area contributed by atoms with Gasteiger partial charge in [-0.05, 0) is 18.6 Å². The van der Waals surface area contributed by atoms with Crippen molar-refractivity contribution in [2.45, 2.75) is 17.4 Å². The highest BCUT2D eigenvalue weighted by Gasteiger charge is 2.23. The summed E-state index contributed by atoms with van der Waals surface area (Å²) in [6.45, 7) is 0. The molecule has 0 saturated heterocycles. The molecule has 0 amide bonds. The number of isocyanates is 1.